The van der Waals surface area contributed by atoms with Gasteiger partial charge in [0.15, 0.2) is 11.5 Å². The summed E-state index contributed by atoms with van der Waals surface area (Å²) in [6, 6.07) is 10.7. The van der Waals surface area contributed by atoms with Gasteiger partial charge in [-0.1, -0.05) is 12.1 Å². The van der Waals surface area contributed by atoms with Gasteiger partial charge in [0.1, 0.15) is 5.82 Å². The van der Waals surface area contributed by atoms with Gasteiger partial charge in [0, 0.05) is 38.6 Å². The summed E-state index contributed by atoms with van der Waals surface area (Å²) in [6.07, 6.45) is 6.55. The lowest BCUT2D eigenvalue weighted by atomic mass is 10.1. The fraction of sp³-hybridized carbons (Fsp3) is 0.318. The maximum atomic E-state index is 13.3. The van der Waals surface area contributed by atoms with Crippen LogP contribution in [-0.4, -0.2) is 34.9 Å². The molecule has 0 N–H and O–H groups in total. The first-order valence-electron chi connectivity index (χ1n) is 9.60. The summed E-state index contributed by atoms with van der Waals surface area (Å²) in [6.45, 7) is 3.42. The highest BCUT2D eigenvalue weighted by Gasteiger charge is 2.21. The van der Waals surface area contributed by atoms with Crippen LogP contribution >= 0.6 is 0 Å². The maximum Gasteiger partial charge on any atom is 0.231 e. The smallest absolute Gasteiger partial charge is 0.231 e. The second kappa shape index (κ2) is 8.96. The SMILES string of the molecule is COc1cc(CN(CCCn2ccnc2)Cc2ccc(F)cc2)cc2c1OCO2. The summed E-state index contributed by atoms with van der Waals surface area (Å²) in [5.74, 6) is 1.82. The molecule has 0 bridgehead atoms. The van der Waals surface area contributed by atoms with E-state index in [4.69, 9.17) is 14.2 Å². The molecule has 1 aromatic heterocycles. The zero-order chi connectivity index (χ0) is 20.1. The third kappa shape index (κ3) is 4.86. The van der Waals surface area contributed by atoms with Crippen molar-refractivity contribution < 1.29 is 18.6 Å². The molecule has 0 atom stereocenters. The van der Waals surface area contributed by atoms with Crippen molar-refractivity contribution in [2.45, 2.75) is 26.1 Å². The fourth-order valence-electron chi connectivity index (χ4n) is 3.49. The molecule has 6 nitrogen and oxygen atoms in total. The van der Waals surface area contributed by atoms with Gasteiger partial charge in [-0.05, 0) is 41.8 Å². The normalized spacial score (nSPS) is 12.5. The molecule has 152 valence electrons. The van der Waals surface area contributed by atoms with Crippen molar-refractivity contribution in [3.05, 3.63) is 72.1 Å². The third-order valence-corrected chi connectivity index (χ3v) is 4.89. The van der Waals surface area contributed by atoms with Gasteiger partial charge in [-0.2, -0.15) is 0 Å². The molecule has 0 aliphatic carbocycles. The first-order valence-corrected chi connectivity index (χ1v) is 9.60. The average molecular weight is 397 g/mol. The Labute approximate surface area is 169 Å². The number of methoxy groups -OCH3 is 1. The monoisotopic (exact) mass is 397 g/mol. The topological polar surface area (TPSA) is 48.8 Å². The molecule has 0 saturated carbocycles. The minimum atomic E-state index is -0.221. The first-order chi connectivity index (χ1) is 14.2. The van der Waals surface area contributed by atoms with Gasteiger partial charge in [-0.15, -0.1) is 0 Å². The van der Waals surface area contributed by atoms with Crippen LogP contribution in [0.2, 0.25) is 0 Å². The number of hydrogen-bond donors (Lipinski definition) is 0. The van der Waals surface area contributed by atoms with E-state index in [2.05, 4.69) is 14.5 Å². The molecule has 1 aliphatic rings. The Balaban J connectivity index is 1.48. The Morgan fingerprint density at radius 2 is 1.97 bits per heavy atom. The number of hydrogen-bond acceptors (Lipinski definition) is 5. The van der Waals surface area contributed by atoms with E-state index < -0.39 is 0 Å². The molecule has 4 rings (SSSR count). The van der Waals surface area contributed by atoms with Crippen molar-refractivity contribution in [2.24, 2.45) is 0 Å². The number of aromatic nitrogens is 2. The molecular weight excluding hydrogens is 373 g/mol. The van der Waals surface area contributed by atoms with Crippen molar-refractivity contribution in [2.75, 3.05) is 20.4 Å². The highest BCUT2D eigenvalue weighted by Crippen LogP contribution is 2.42. The van der Waals surface area contributed by atoms with Gasteiger partial charge in [-0.3, -0.25) is 4.90 Å². The van der Waals surface area contributed by atoms with E-state index in [0.29, 0.717) is 23.8 Å². The van der Waals surface area contributed by atoms with E-state index in [1.165, 1.54) is 12.1 Å². The van der Waals surface area contributed by atoms with Crippen molar-refractivity contribution in [3.8, 4) is 17.2 Å². The molecule has 29 heavy (non-hydrogen) atoms. The lowest BCUT2D eigenvalue weighted by Gasteiger charge is -2.23. The van der Waals surface area contributed by atoms with E-state index >= 15 is 0 Å². The second-order valence-corrected chi connectivity index (χ2v) is 7.02. The number of benzene rings is 2. The van der Waals surface area contributed by atoms with Crippen LogP contribution in [0.15, 0.2) is 55.1 Å². The lowest BCUT2D eigenvalue weighted by molar-refractivity contribution is 0.171. The number of aryl methyl sites for hydroxylation is 1. The Morgan fingerprint density at radius 3 is 2.72 bits per heavy atom. The van der Waals surface area contributed by atoms with Crippen LogP contribution in [0, 0.1) is 5.82 Å². The predicted octanol–water partition coefficient (Wildman–Crippen LogP) is 3.85. The molecule has 2 heterocycles. The zero-order valence-electron chi connectivity index (χ0n) is 16.4. The Bertz CT molecular complexity index is 929. The van der Waals surface area contributed by atoms with Gasteiger partial charge in [0.05, 0.1) is 13.4 Å². The summed E-state index contributed by atoms with van der Waals surface area (Å²) < 4.78 is 31.9. The Kier molecular flexibility index (Phi) is 5.95. The quantitative estimate of drug-likeness (QED) is 0.549. The summed E-state index contributed by atoms with van der Waals surface area (Å²) in [7, 11) is 1.63. The molecule has 0 saturated heterocycles. The number of ether oxygens (including phenoxy) is 3. The summed E-state index contributed by atoms with van der Waals surface area (Å²) in [5.41, 5.74) is 2.15. The van der Waals surface area contributed by atoms with E-state index in [0.717, 1.165) is 37.2 Å². The molecule has 0 radical (unpaired) electrons. The fourth-order valence-corrected chi connectivity index (χ4v) is 3.49. The minimum Gasteiger partial charge on any atom is -0.493 e. The zero-order valence-corrected chi connectivity index (χ0v) is 16.4. The third-order valence-electron chi connectivity index (χ3n) is 4.89. The number of rotatable bonds is 9. The molecule has 0 spiro atoms. The van der Waals surface area contributed by atoms with Gasteiger partial charge >= 0.3 is 0 Å². The summed E-state index contributed by atoms with van der Waals surface area (Å²) in [4.78, 5) is 6.42. The summed E-state index contributed by atoms with van der Waals surface area (Å²) in [5, 5.41) is 0. The van der Waals surface area contributed by atoms with Gasteiger partial charge in [0.2, 0.25) is 12.5 Å². The molecular formula is C22H24FN3O3. The predicted molar refractivity (Wildman–Crippen MR) is 106 cm³/mol. The van der Waals surface area contributed by atoms with Crippen molar-refractivity contribution in [1.82, 2.24) is 14.5 Å². The minimum absolute atomic E-state index is 0.208. The van der Waals surface area contributed by atoms with Crippen LogP contribution in [0.25, 0.3) is 0 Å². The van der Waals surface area contributed by atoms with Crippen LogP contribution < -0.4 is 14.2 Å². The summed E-state index contributed by atoms with van der Waals surface area (Å²) >= 11 is 0. The molecule has 0 fully saturated rings. The number of fused-ring (bicyclic) bond motifs is 1. The van der Waals surface area contributed by atoms with Gasteiger partial charge in [-0.25, -0.2) is 9.37 Å². The second-order valence-electron chi connectivity index (χ2n) is 7.02. The maximum absolute atomic E-state index is 13.3. The number of halogens is 1. The Morgan fingerprint density at radius 1 is 1.14 bits per heavy atom. The van der Waals surface area contributed by atoms with E-state index in [-0.39, 0.29) is 12.6 Å². The van der Waals surface area contributed by atoms with Crippen LogP contribution in [0.4, 0.5) is 4.39 Å². The van der Waals surface area contributed by atoms with Crippen LogP contribution in [0.1, 0.15) is 17.5 Å². The number of nitrogens with zero attached hydrogens (tertiary/aromatic N) is 3. The van der Waals surface area contributed by atoms with Crippen LogP contribution in [0.5, 0.6) is 17.2 Å². The highest BCUT2D eigenvalue weighted by molar-refractivity contribution is 5.55. The van der Waals surface area contributed by atoms with Crippen molar-refractivity contribution >= 4 is 0 Å². The molecule has 0 unspecified atom stereocenters. The molecule has 0 amide bonds. The van der Waals surface area contributed by atoms with E-state index in [9.17, 15) is 4.39 Å². The standard InChI is InChI=1S/C22H24FN3O3/c1-27-20-11-18(12-21-22(20)29-16-28-21)14-26(9-2-8-25-10-7-24-15-25)13-17-3-5-19(23)6-4-17/h3-7,10-12,15H,2,8-9,13-14,16H2,1H3. The van der Waals surface area contributed by atoms with E-state index in [1.807, 2.05) is 36.8 Å². The average Bonchev–Trinajstić information content (AvgIpc) is 3.41. The van der Waals surface area contributed by atoms with Gasteiger partial charge in [0.25, 0.3) is 0 Å². The van der Waals surface area contributed by atoms with E-state index in [1.54, 1.807) is 13.3 Å². The highest BCUT2D eigenvalue weighted by atomic mass is 19.1. The Hall–Kier alpha value is -3.06. The van der Waals surface area contributed by atoms with Gasteiger partial charge < -0.3 is 18.8 Å². The first kappa shape index (κ1) is 19.3. The molecule has 3 aromatic rings. The van der Waals surface area contributed by atoms with Crippen molar-refractivity contribution in [1.29, 1.82) is 0 Å². The largest absolute Gasteiger partial charge is 0.493 e. The number of imidazole rings is 1. The van der Waals surface area contributed by atoms with Crippen LogP contribution in [-0.2, 0) is 19.6 Å². The van der Waals surface area contributed by atoms with Crippen LogP contribution in [0.3, 0.4) is 0 Å². The molecule has 7 heteroatoms. The molecule has 1 aliphatic heterocycles. The lowest BCUT2D eigenvalue weighted by Crippen LogP contribution is -2.25. The van der Waals surface area contributed by atoms with Crippen molar-refractivity contribution in [3.63, 3.8) is 0 Å². The molecule has 2 aromatic carbocycles.